The van der Waals surface area contributed by atoms with Crippen LogP contribution in [0, 0.1) is 6.92 Å². The van der Waals surface area contributed by atoms with E-state index in [1.807, 2.05) is 26.0 Å². The summed E-state index contributed by atoms with van der Waals surface area (Å²) >= 11 is 0. The van der Waals surface area contributed by atoms with E-state index in [0.717, 1.165) is 12.0 Å². The van der Waals surface area contributed by atoms with Gasteiger partial charge in [0.1, 0.15) is 0 Å². The van der Waals surface area contributed by atoms with Crippen molar-refractivity contribution in [3.63, 3.8) is 0 Å². The summed E-state index contributed by atoms with van der Waals surface area (Å²) in [5.41, 5.74) is 8.02. The van der Waals surface area contributed by atoms with Crippen molar-refractivity contribution < 1.29 is 4.79 Å². The minimum Gasteiger partial charge on any atom is -0.397 e. The second-order valence-electron chi connectivity index (χ2n) is 3.47. The Hall–Kier alpha value is -1.71. The zero-order valence-electron chi connectivity index (χ0n) is 9.13. The van der Waals surface area contributed by atoms with E-state index in [0.29, 0.717) is 17.9 Å². The zero-order valence-corrected chi connectivity index (χ0v) is 9.13. The molecule has 4 nitrogen and oxygen atoms in total. The summed E-state index contributed by atoms with van der Waals surface area (Å²) in [6.07, 6.45) is 0.913. The van der Waals surface area contributed by atoms with E-state index < -0.39 is 0 Å². The Morgan fingerprint density at radius 3 is 2.87 bits per heavy atom. The van der Waals surface area contributed by atoms with Crippen LogP contribution in [-0.2, 0) is 0 Å². The van der Waals surface area contributed by atoms with Gasteiger partial charge < -0.3 is 16.4 Å². The fraction of sp³-hybridized carbons (Fsp3) is 0.364. The molecule has 0 fully saturated rings. The summed E-state index contributed by atoms with van der Waals surface area (Å²) < 4.78 is 0. The molecule has 4 heteroatoms. The van der Waals surface area contributed by atoms with Crippen LogP contribution >= 0.6 is 0 Å². The van der Waals surface area contributed by atoms with Gasteiger partial charge in [0.15, 0.2) is 0 Å². The van der Waals surface area contributed by atoms with Crippen LogP contribution in [0.15, 0.2) is 18.2 Å². The van der Waals surface area contributed by atoms with Gasteiger partial charge in [-0.05, 0) is 31.0 Å². The molecule has 15 heavy (non-hydrogen) atoms. The second kappa shape index (κ2) is 5.24. The van der Waals surface area contributed by atoms with Gasteiger partial charge in [0, 0.05) is 6.54 Å². The summed E-state index contributed by atoms with van der Waals surface area (Å²) in [6, 6.07) is 5.32. The molecule has 0 aliphatic rings. The van der Waals surface area contributed by atoms with Crippen LogP contribution in [0.4, 0.5) is 16.2 Å². The smallest absolute Gasteiger partial charge is 0.319 e. The van der Waals surface area contributed by atoms with Crippen molar-refractivity contribution in [2.75, 3.05) is 17.6 Å². The molecule has 0 aromatic heterocycles. The summed E-state index contributed by atoms with van der Waals surface area (Å²) in [6.45, 7) is 4.62. The Morgan fingerprint density at radius 1 is 1.47 bits per heavy atom. The van der Waals surface area contributed by atoms with Gasteiger partial charge in [-0.25, -0.2) is 4.79 Å². The van der Waals surface area contributed by atoms with Gasteiger partial charge in [0.2, 0.25) is 0 Å². The Labute approximate surface area is 89.9 Å². The van der Waals surface area contributed by atoms with Crippen LogP contribution in [0.5, 0.6) is 0 Å². The fourth-order valence-corrected chi connectivity index (χ4v) is 1.18. The first-order valence-electron chi connectivity index (χ1n) is 5.04. The molecule has 1 aromatic carbocycles. The highest BCUT2D eigenvalue weighted by atomic mass is 16.2. The summed E-state index contributed by atoms with van der Waals surface area (Å²) in [7, 11) is 0. The zero-order chi connectivity index (χ0) is 11.3. The lowest BCUT2D eigenvalue weighted by Crippen LogP contribution is -2.29. The van der Waals surface area contributed by atoms with Crippen molar-refractivity contribution in [1.82, 2.24) is 5.32 Å². The Morgan fingerprint density at radius 2 is 2.20 bits per heavy atom. The normalized spacial score (nSPS) is 9.73. The molecule has 0 heterocycles. The van der Waals surface area contributed by atoms with E-state index in [1.54, 1.807) is 6.07 Å². The van der Waals surface area contributed by atoms with E-state index in [4.69, 9.17) is 5.73 Å². The highest BCUT2D eigenvalue weighted by molar-refractivity contribution is 5.92. The molecular formula is C11H17N3O. The molecule has 0 saturated carbocycles. The van der Waals surface area contributed by atoms with Crippen molar-refractivity contribution in [3.05, 3.63) is 23.8 Å². The van der Waals surface area contributed by atoms with Crippen LogP contribution in [0.3, 0.4) is 0 Å². The van der Waals surface area contributed by atoms with Crippen molar-refractivity contribution in [2.45, 2.75) is 20.3 Å². The van der Waals surface area contributed by atoms with Crippen LogP contribution in [0.1, 0.15) is 18.9 Å². The second-order valence-corrected chi connectivity index (χ2v) is 3.47. The van der Waals surface area contributed by atoms with Gasteiger partial charge in [0.25, 0.3) is 0 Å². The molecule has 0 aliphatic carbocycles. The quantitative estimate of drug-likeness (QED) is 0.664. The maximum Gasteiger partial charge on any atom is 0.319 e. The average molecular weight is 207 g/mol. The molecule has 2 amide bonds. The first-order valence-corrected chi connectivity index (χ1v) is 5.04. The molecule has 0 radical (unpaired) electrons. The molecule has 4 N–H and O–H groups in total. The number of benzene rings is 1. The minimum atomic E-state index is -0.214. The van der Waals surface area contributed by atoms with Gasteiger partial charge in [0.05, 0.1) is 11.4 Å². The Bertz CT molecular complexity index is 350. The summed E-state index contributed by atoms with van der Waals surface area (Å²) in [5.74, 6) is 0. The SMILES string of the molecule is CCCNC(=O)Nc1cc(C)ccc1N. The molecule has 0 unspecified atom stereocenters. The van der Waals surface area contributed by atoms with Crippen LogP contribution in [-0.4, -0.2) is 12.6 Å². The third-order valence-corrected chi connectivity index (χ3v) is 1.99. The van der Waals surface area contributed by atoms with Crippen molar-refractivity contribution in [2.24, 2.45) is 0 Å². The molecule has 0 atom stereocenters. The highest BCUT2D eigenvalue weighted by Crippen LogP contribution is 2.19. The van der Waals surface area contributed by atoms with Gasteiger partial charge in [-0.15, -0.1) is 0 Å². The Balaban J connectivity index is 2.63. The fourth-order valence-electron chi connectivity index (χ4n) is 1.18. The Kier molecular flexibility index (Phi) is 3.97. The summed E-state index contributed by atoms with van der Waals surface area (Å²) in [4.78, 5) is 11.4. The molecule has 1 aromatic rings. The molecule has 82 valence electrons. The largest absolute Gasteiger partial charge is 0.397 e. The maximum atomic E-state index is 11.4. The number of carbonyl (C=O) groups excluding carboxylic acids is 1. The molecule has 0 spiro atoms. The standard InChI is InChI=1S/C11H17N3O/c1-3-6-13-11(15)14-10-7-8(2)4-5-9(10)12/h4-5,7H,3,6,12H2,1-2H3,(H2,13,14,15). The number of hydrogen-bond donors (Lipinski definition) is 3. The van der Waals surface area contributed by atoms with Gasteiger partial charge in [-0.1, -0.05) is 13.0 Å². The van der Waals surface area contributed by atoms with E-state index >= 15 is 0 Å². The van der Waals surface area contributed by atoms with Crippen LogP contribution in [0.25, 0.3) is 0 Å². The number of nitrogens with two attached hydrogens (primary N) is 1. The highest BCUT2D eigenvalue weighted by Gasteiger charge is 2.03. The first kappa shape index (κ1) is 11.4. The number of rotatable bonds is 3. The van der Waals surface area contributed by atoms with E-state index in [2.05, 4.69) is 10.6 Å². The number of hydrogen-bond acceptors (Lipinski definition) is 2. The van der Waals surface area contributed by atoms with Crippen LogP contribution < -0.4 is 16.4 Å². The van der Waals surface area contributed by atoms with E-state index in [9.17, 15) is 4.79 Å². The van der Waals surface area contributed by atoms with Crippen molar-refractivity contribution >= 4 is 17.4 Å². The molecule has 0 aliphatic heterocycles. The lowest BCUT2D eigenvalue weighted by molar-refractivity contribution is 0.252. The number of nitrogen functional groups attached to an aromatic ring is 1. The van der Waals surface area contributed by atoms with E-state index in [-0.39, 0.29) is 6.03 Å². The van der Waals surface area contributed by atoms with Gasteiger partial charge in [-0.2, -0.15) is 0 Å². The van der Waals surface area contributed by atoms with E-state index in [1.165, 1.54) is 0 Å². The van der Waals surface area contributed by atoms with Crippen molar-refractivity contribution in [3.8, 4) is 0 Å². The topological polar surface area (TPSA) is 67.2 Å². The van der Waals surface area contributed by atoms with Gasteiger partial charge >= 0.3 is 6.03 Å². The lowest BCUT2D eigenvalue weighted by Gasteiger charge is -2.09. The minimum absolute atomic E-state index is 0.214. The number of amides is 2. The molecule has 0 saturated heterocycles. The lowest BCUT2D eigenvalue weighted by atomic mass is 10.2. The number of anilines is 2. The first-order chi connectivity index (χ1) is 7.13. The predicted octanol–water partition coefficient (Wildman–Crippen LogP) is 2.11. The van der Waals surface area contributed by atoms with Crippen molar-refractivity contribution in [1.29, 1.82) is 0 Å². The third-order valence-electron chi connectivity index (χ3n) is 1.99. The molecule has 0 bridgehead atoms. The molecular weight excluding hydrogens is 190 g/mol. The molecule has 1 rings (SSSR count). The number of nitrogens with one attached hydrogen (secondary N) is 2. The average Bonchev–Trinajstić information content (AvgIpc) is 2.20. The number of aryl methyl sites for hydroxylation is 1. The predicted molar refractivity (Wildman–Crippen MR) is 62.9 cm³/mol. The third kappa shape index (κ3) is 3.50. The van der Waals surface area contributed by atoms with Crippen LogP contribution in [0.2, 0.25) is 0 Å². The number of urea groups is 1. The monoisotopic (exact) mass is 207 g/mol. The van der Waals surface area contributed by atoms with Gasteiger partial charge in [-0.3, -0.25) is 0 Å². The maximum absolute atomic E-state index is 11.4. The summed E-state index contributed by atoms with van der Waals surface area (Å²) in [5, 5.41) is 5.43. The number of carbonyl (C=O) groups is 1.